The number of aromatic hydroxyl groups is 2. The van der Waals surface area contributed by atoms with E-state index in [4.69, 9.17) is 4.74 Å². The van der Waals surface area contributed by atoms with Crippen LogP contribution in [0.1, 0.15) is 17.5 Å². The fourth-order valence-corrected chi connectivity index (χ4v) is 11.4. The van der Waals surface area contributed by atoms with Gasteiger partial charge in [-0.15, -0.1) is 30.7 Å². The maximum atomic E-state index is 12.9. The van der Waals surface area contributed by atoms with Gasteiger partial charge in [0, 0.05) is 27.6 Å². The van der Waals surface area contributed by atoms with Crippen molar-refractivity contribution in [2.75, 3.05) is 12.4 Å². The average molecular weight is 1150 g/mol. The van der Waals surface area contributed by atoms with Crippen LogP contribution in [-0.4, -0.2) is 107 Å². The van der Waals surface area contributed by atoms with Crippen molar-refractivity contribution < 1.29 is 84.9 Å². The predicted octanol–water partition coefficient (Wildman–Crippen LogP) is 7.89. The Hall–Kier alpha value is -7.35. The summed E-state index contributed by atoms with van der Waals surface area (Å²) < 4.78 is 178. The Balaban J connectivity index is 1.13. The Morgan fingerprint density at radius 1 is 0.613 bits per heavy atom. The zero-order valence-corrected chi connectivity index (χ0v) is 42.4. The molecule has 8 aromatic rings. The van der Waals surface area contributed by atoms with Crippen LogP contribution in [0.2, 0.25) is 0 Å². The topological polar surface area (TPSA) is 447 Å². The molecule has 6 aromatic carbocycles. The second-order valence-corrected chi connectivity index (χ2v) is 23.9. The van der Waals surface area contributed by atoms with E-state index in [-0.39, 0.29) is 58.4 Å². The molecule has 0 fully saturated rings. The van der Waals surface area contributed by atoms with Gasteiger partial charge in [0.05, 0.1) is 51.7 Å². The van der Waals surface area contributed by atoms with Gasteiger partial charge in [-0.25, -0.2) is 4.98 Å². The normalized spacial score (nSPS) is 13.2. The molecule has 8 rings (SSSR count). The molecule has 0 spiro atoms. The maximum absolute atomic E-state index is 12.9. The van der Waals surface area contributed by atoms with Gasteiger partial charge >= 0.3 is 0 Å². The van der Waals surface area contributed by atoms with E-state index in [2.05, 4.69) is 40.8 Å². The predicted molar refractivity (Wildman–Crippen MR) is 263 cm³/mol. The lowest BCUT2D eigenvalue weighted by Crippen LogP contribution is -2.08. The standard InChI is InChI=1S/C41H33N9O19S6/c1-20-11-32(34(69-9-2-10-71(54,55)56)17-31(20)46-49-41-43-28-6-3-21(19-51)12-35(28)70-41)47-44-29-7-5-25-24(38(29)52)4-8-30(39(25)75(66,67)68)45-48-33-18-42-50(40(33)53)22-13-26-27(36(14-22)73(60,61)62)15-23(72(57,58)59)16-37(26)74(63,64)65/h3-8,11-18,51-53H,2,9-10,19H2,1H3,(H,54,55,56)(H,57,58,59)(H,60,61,62)(H,63,64,65)(H,66,67,68). The van der Waals surface area contributed by atoms with Crippen molar-refractivity contribution in [3.05, 3.63) is 96.2 Å². The molecule has 0 radical (unpaired) electrons. The quantitative estimate of drug-likeness (QED) is 0.0244. The number of aromatic nitrogens is 3. The van der Waals surface area contributed by atoms with Crippen molar-refractivity contribution in [3.8, 4) is 23.1 Å². The first-order chi connectivity index (χ1) is 35.0. The van der Waals surface area contributed by atoms with Crippen molar-refractivity contribution in [1.29, 1.82) is 0 Å². The molecule has 0 aliphatic rings. The largest absolute Gasteiger partial charge is 0.505 e. The molecule has 28 nitrogen and oxygen atoms in total. The molecule has 8 N–H and O–H groups in total. The minimum atomic E-state index is -5.40. The molecule has 2 heterocycles. The first-order valence-corrected chi connectivity index (χ1v) is 28.7. The van der Waals surface area contributed by atoms with Gasteiger partial charge < -0.3 is 20.1 Å². The number of aliphatic hydroxyl groups is 1. The van der Waals surface area contributed by atoms with Crippen LogP contribution in [0.4, 0.5) is 33.6 Å². The van der Waals surface area contributed by atoms with Crippen molar-refractivity contribution in [2.24, 2.45) is 30.7 Å². The highest BCUT2D eigenvalue weighted by atomic mass is 32.2. The summed E-state index contributed by atoms with van der Waals surface area (Å²) in [5.74, 6) is -2.27. The van der Waals surface area contributed by atoms with Crippen molar-refractivity contribution in [1.82, 2.24) is 14.8 Å². The van der Waals surface area contributed by atoms with Crippen molar-refractivity contribution in [3.63, 3.8) is 0 Å². The van der Waals surface area contributed by atoms with Crippen molar-refractivity contribution >= 4 is 127 Å². The van der Waals surface area contributed by atoms with Crippen LogP contribution < -0.4 is 4.74 Å². The highest BCUT2D eigenvalue weighted by molar-refractivity contribution is 7.87. The number of aryl methyl sites for hydroxylation is 1. The van der Waals surface area contributed by atoms with Crippen LogP contribution in [-0.2, 0) is 57.2 Å². The summed E-state index contributed by atoms with van der Waals surface area (Å²) in [6.45, 7) is 1.25. The number of ether oxygens (including phenoxy) is 1. The Morgan fingerprint density at radius 2 is 1.24 bits per heavy atom. The molecular formula is C41H33N9O19S6. The molecular weight excluding hydrogens is 1110 g/mol. The number of aliphatic hydroxyl groups excluding tert-OH is 1. The number of rotatable bonds is 17. The van der Waals surface area contributed by atoms with E-state index in [0.717, 1.165) is 41.2 Å². The fraction of sp³-hybridized carbons (Fsp3) is 0.122. The molecule has 0 amide bonds. The third-order valence-corrected chi connectivity index (χ3v) is 15.9. The maximum Gasteiger partial charge on any atom is 0.297 e. The van der Waals surface area contributed by atoms with Crippen LogP contribution in [0.15, 0.2) is 135 Å². The van der Waals surface area contributed by atoms with E-state index in [1.54, 1.807) is 25.1 Å². The SMILES string of the molecule is Cc1cc(N=Nc2ccc3c(S(=O)(=O)O)c(N=Nc4cnn(-c5cc(S(=O)(=O)O)c6cc(S(=O)(=O)O)cc(S(=O)(=O)O)c6c5)c4O)ccc3c2O)c(OCCCS(=O)(=O)O)cc1N=Nc1nc2ccc(CO)cc2s1. The van der Waals surface area contributed by atoms with Gasteiger partial charge in [0.15, 0.2) is 11.4 Å². The summed E-state index contributed by atoms with van der Waals surface area (Å²) in [4.78, 5) is -0.109. The van der Waals surface area contributed by atoms with Gasteiger partial charge in [0.25, 0.3) is 50.6 Å². The Morgan fingerprint density at radius 3 is 1.91 bits per heavy atom. The fourth-order valence-electron chi connectivity index (χ4n) is 7.21. The number of fused-ring (bicyclic) bond motifs is 3. The number of nitrogens with zero attached hydrogens (tertiary/aromatic N) is 9. The lowest BCUT2D eigenvalue weighted by Gasteiger charge is -2.13. The number of thiazole rings is 1. The van der Waals surface area contributed by atoms with E-state index in [0.29, 0.717) is 39.5 Å². The summed E-state index contributed by atoms with van der Waals surface area (Å²) in [7, 11) is -25.6. The Bertz CT molecular complexity index is 4370. The van der Waals surface area contributed by atoms with Gasteiger partial charge in [-0.1, -0.05) is 23.5 Å². The third kappa shape index (κ3) is 11.8. The van der Waals surface area contributed by atoms with E-state index < -0.39 is 115 Å². The first-order valence-electron chi connectivity index (χ1n) is 20.6. The Labute approximate surface area is 426 Å². The zero-order chi connectivity index (χ0) is 54.6. The Kier molecular flexibility index (Phi) is 14.4. The highest BCUT2D eigenvalue weighted by Crippen LogP contribution is 2.44. The summed E-state index contributed by atoms with van der Waals surface area (Å²) in [6.07, 6.45) is 0.656. The second-order valence-electron chi connectivity index (χ2n) is 15.7. The molecule has 0 bridgehead atoms. The monoisotopic (exact) mass is 1150 g/mol. The van der Waals surface area contributed by atoms with E-state index >= 15 is 0 Å². The molecule has 34 heteroatoms. The van der Waals surface area contributed by atoms with Crippen LogP contribution in [0.5, 0.6) is 17.4 Å². The number of azo groups is 3. The third-order valence-electron chi connectivity index (χ3n) is 10.6. The zero-order valence-electron chi connectivity index (χ0n) is 37.5. The number of hydrogen-bond acceptors (Lipinski definition) is 23. The van der Waals surface area contributed by atoms with Crippen LogP contribution >= 0.6 is 11.3 Å². The minimum Gasteiger partial charge on any atom is -0.505 e. The summed E-state index contributed by atoms with van der Waals surface area (Å²) >= 11 is 1.22. The molecule has 0 aliphatic carbocycles. The molecule has 0 atom stereocenters. The summed E-state index contributed by atoms with van der Waals surface area (Å²) in [5.41, 5.74) is 0.125. The molecule has 392 valence electrons. The smallest absolute Gasteiger partial charge is 0.297 e. The first kappa shape index (κ1) is 53.9. The van der Waals surface area contributed by atoms with E-state index in [1.165, 1.54) is 23.5 Å². The average Bonchev–Trinajstić information content (AvgIpc) is 3.91. The van der Waals surface area contributed by atoms with Gasteiger partial charge in [-0.3, -0.25) is 22.8 Å². The molecule has 0 saturated carbocycles. The second kappa shape index (κ2) is 20.1. The summed E-state index contributed by atoms with van der Waals surface area (Å²) in [5, 5.41) is 58.4. The molecule has 0 aliphatic heterocycles. The summed E-state index contributed by atoms with van der Waals surface area (Å²) in [6, 6.07) is 14.7. The molecule has 0 unspecified atom stereocenters. The highest BCUT2D eigenvalue weighted by Gasteiger charge is 2.28. The minimum absolute atomic E-state index is 0.00863. The van der Waals surface area contributed by atoms with E-state index in [1.807, 2.05) is 0 Å². The van der Waals surface area contributed by atoms with Crippen LogP contribution in [0.3, 0.4) is 0 Å². The van der Waals surface area contributed by atoms with Crippen LogP contribution in [0, 0.1) is 6.92 Å². The van der Waals surface area contributed by atoms with Gasteiger partial charge in [0.2, 0.25) is 11.0 Å². The number of benzene rings is 6. The lowest BCUT2D eigenvalue weighted by atomic mass is 10.1. The van der Waals surface area contributed by atoms with Gasteiger partial charge in [-0.05, 0) is 85.1 Å². The van der Waals surface area contributed by atoms with Gasteiger partial charge in [-0.2, -0.15) is 51.9 Å². The van der Waals surface area contributed by atoms with E-state index in [9.17, 15) is 80.2 Å². The van der Waals surface area contributed by atoms with Crippen LogP contribution in [0.25, 0.3) is 37.4 Å². The number of phenols is 1. The molecule has 0 saturated heterocycles. The molecule has 2 aromatic heterocycles. The lowest BCUT2D eigenvalue weighted by molar-refractivity contribution is 0.282. The van der Waals surface area contributed by atoms with Crippen molar-refractivity contribution in [2.45, 2.75) is 39.5 Å². The number of phenolic OH excluding ortho intramolecular Hbond substituents is 1. The number of hydrogen-bond donors (Lipinski definition) is 8. The van der Waals surface area contributed by atoms with Gasteiger partial charge in [0.1, 0.15) is 37.5 Å². The molecule has 75 heavy (non-hydrogen) atoms.